The highest BCUT2D eigenvalue weighted by Crippen LogP contribution is 2.38. The maximum atomic E-state index is 6.45. The second-order valence-corrected chi connectivity index (χ2v) is 5.38. The van der Waals surface area contributed by atoms with Crippen LogP contribution in [0.4, 0.5) is 0 Å². The van der Waals surface area contributed by atoms with Crippen molar-refractivity contribution in [2.75, 3.05) is 0 Å². The molecule has 2 aromatic rings. The molecule has 0 bridgehead atoms. The number of rotatable bonds is 3. The lowest BCUT2D eigenvalue weighted by Gasteiger charge is -2.24. The highest BCUT2D eigenvalue weighted by atomic mass is 35.5. The first-order valence-corrected chi connectivity index (χ1v) is 7.18. The zero-order valence-corrected chi connectivity index (χ0v) is 11.7. The predicted octanol–water partition coefficient (Wildman–Crippen LogP) is 3.93. The molecule has 0 aromatic carbocycles. The van der Waals surface area contributed by atoms with Gasteiger partial charge >= 0.3 is 0 Å². The fraction of sp³-hybridized carbons (Fsp3) is 0.571. The summed E-state index contributed by atoms with van der Waals surface area (Å²) in [7, 11) is 0. The van der Waals surface area contributed by atoms with Gasteiger partial charge in [0.05, 0.1) is 16.1 Å². The fourth-order valence-electron chi connectivity index (χ4n) is 2.60. The SMILES string of the molecule is CCc1nn(CC)c2nc(C3CCC3)cc(Cl)c12. The first-order valence-electron chi connectivity index (χ1n) is 6.80. The molecule has 0 amide bonds. The third-order valence-electron chi connectivity index (χ3n) is 3.90. The molecule has 0 saturated heterocycles. The van der Waals surface area contributed by atoms with Crippen LogP contribution >= 0.6 is 11.6 Å². The molecule has 18 heavy (non-hydrogen) atoms. The van der Waals surface area contributed by atoms with Crippen LogP contribution in [0.15, 0.2) is 6.07 Å². The molecule has 0 N–H and O–H groups in total. The molecule has 0 aliphatic heterocycles. The van der Waals surface area contributed by atoms with Gasteiger partial charge in [0.1, 0.15) is 0 Å². The third-order valence-corrected chi connectivity index (χ3v) is 4.20. The molecular formula is C14H18ClN3. The number of hydrogen-bond acceptors (Lipinski definition) is 2. The maximum Gasteiger partial charge on any atom is 0.159 e. The van der Waals surface area contributed by atoms with Gasteiger partial charge in [0.15, 0.2) is 5.65 Å². The molecule has 2 heterocycles. The van der Waals surface area contributed by atoms with Crippen LogP contribution in [-0.2, 0) is 13.0 Å². The number of fused-ring (bicyclic) bond motifs is 1. The lowest BCUT2D eigenvalue weighted by atomic mass is 9.82. The van der Waals surface area contributed by atoms with Crippen molar-refractivity contribution in [3.8, 4) is 0 Å². The van der Waals surface area contributed by atoms with Crippen LogP contribution in [0.3, 0.4) is 0 Å². The van der Waals surface area contributed by atoms with E-state index in [1.165, 1.54) is 19.3 Å². The van der Waals surface area contributed by atoms with E-state index < -0.39 is 0 Å². The van der Waals surface area contributed by atoms with Crippen LogP contribution in [0.5, 0.6) is 0 Å². The summed E-state index contributed by atoms with van der Waals surface area (Å²) in [6.07, 6.45) is 4.70. The number of pyridine rings is 1. The summed E-state index contributed by atoms with van der Waals surface area (Å²) in [5.74, 6) is 0.609. The Balaban J connectivity index is 2.21. The van der Waals surface area contributed by atoms with Crippen molar-refractivity contribution in [2.24, 2.45) is 0 Å². The molecule has 2 aromatic heterocycles. The first-order chi connectivity index (χ1) is 8.74. The van der Waals surface area contributed by atoms with E-state index in [9.17, 15) is 0 Å². The topological polar surface area (TPSA) is 30.7 Å². The number of nitrogens with zero attached hydrogens (tertiary/aromatic N) is 3. The predicted molar refractivity (Wildman–Crippen MR) is 74.2 cm³/mol. The third kappa shape index (κ3) is 1.72. The van der Waals surface area contributed by atoms with Crippen LogP contribution in [-0.4, -0.2) is 14.8 Å². The van der Waals surface area contributed by atoms with Crippen molar-refractivity contribution in [3.63, 3.8) is 0 Å². The monoisotopic (exact) mass is 263 g/mol. The number of aromatic nitrogens is 3. The van der Waals surface area contributed by atoms with E-state index in [4.69, 9.17) is 16.6 Å². The average Bonchev–Trinajstić information content (AvgIpc) is 2.65. The van der Waals surface area contributed by atoms with Gasteiger partial charge < -0.3 is 0 Å². The lowest BCUT2D eigenvalue weighted by Crippen LogP contribution is -2.11. The van der Waals surface area contributed by atoms with Crippen LogP contribution < -0.4 is 0 Å². The molecule has 0 radical (unpaired) electrons. The van der Waals surface area contributed by atoms with E-state index in [-0.39, 0.29) is 0 Å². The van der Waals surface area contributed by atoms with Crippen LogP contribution in [0.1, 0.15) is 50.4 Å². The molecule has 1 aliphatic rings. The number of halogens is 1. The Morgan fingerprint density at radius 3 is 2.72 bits per heavy atom. The molecule has 3 rings (SSSR count). The molecule has 4 heteroatoms. The van der Waals surface area contributed by atoms with Crippen LogP contribution in [0.25, 0.3) is 11.0 Å². The Hall–Kier alpha value is -1.09. The van der Waals surface area contributed by atoms with E-state index in [1.54, 1.807) is 0 Å². The van der Waals surface area contributed by atoms with Crippen molar-refractivity contribution in [2.45, 2.75) is 52.0 Å². The van der Waals surface area contributed by atoms with Gasteiger partial charge in [0.25, 0.3) is 0 Å². The zero-order chi connectivity index (χ0) is 12.7. The van der Waals surface area contributed by atoms with Gasteiger partial charge in [0, 0.05) is 18.2 Å². The highest BCUT2D eigenvalue weighted by Gasteiger charge is 2.23. The van der Waals surface area contributed by atoms with Gasteiger partial charge in [0.2, 0.25) is 0 Å². The van der Waals surface area contributed by atoms with Gasteiger partial charge in [-0.3, -0.25) is 0 Å². The van der Waals surface area contributed by atoms with Gasteiger partial charge in [-0.05, 0) is 32.3 Å². The average molecular weight is 264 g/mol. The zero-order valence-electron chi connectivity index (χ0n) is 10.9. The minimum Gasteiger partial charge on any atom is -0.247 e. The molecule has 1 saturated carbocycles. The number of aryl methyl sites for hydroxylation is 2. The van der Waals surface area contributed by atoms with E-state index in [1.807, 2.05) is 4.68 Å². The molecule has 0 spiro atoms. The number of hydrogen-bond donors (Lipinski definition) is 0. The van der Waals surface area contributed by atoms with E-state index in [0.717, 1.165) is 40.4 Å². The largest absolute Gasteiger partial charge is 0.247 e. The standard InChI is InChI=1S/C14H18ClN3/c1-3-11-13-10(15)8-12(9-6-5-7-9)16-14(13)18(4-2)17-11/h8-9H,3-7H2,1-2H3. The molecule has 1 aliphatic carbocycles. The van der Waals surface area contributed by atoms with Crippen molar-refractivity contribution < 1.29 is 0 Å². The Morgan fingerprint density at radius 1 is 1.39 bits per heavy atom. The summed E-state index contributed by atoms with van der Waals surface area (Å²) in [6, 6.07) is 2.05. The summed E-state index contributed by atoms with van der Waals surface area (Å²) in [5, 5.41) is 6.46. The summed E-state index contributed by atoms with van der Waals surface area (Å²) >= 11 is 6.45. The Bertz CT molecular complexity index is 584. The summed E-state index contributed by atoms with van der Waals surface area (Å²) in [4.78, 5) is 4.81. The Labute approximate surface area is 112 Å². The second-order valence-electron chi connectivity index (χ2n) is 4.97. The minimum absolute atomic E-state index is 0.609. The first kappa shape index (κ1) is 12.0. The summed E-state index contributed by atoms with van der Waals surface area (Å²) < 4.78 is 1.97. The van der Waals surface area contributed by atoms with Crippen molar-refractivity contribution in [1.82, 2.24) is 14.8 Å². The molecule has 1 fully saturated rings. The highest BCUT2D eigenvalue weighted by molar-refractivity contribution is 6.35. The quantitative estimate of drug-likeness (QED) is 0.840. The van der Waals surface area contributed by atoms with Gasteiger partial charge in [-0.15, -0.1) is 0 Å². The lowest BCUT2D eigenvalue weighted by molar-refractivity contribution is 0.411. The van der Waals surface area contributed by atoms with Crippen molar-refractivity contribution in [1.29, 1.82) is 0 Å². The summed E-state index contributed by atoms with van der Waals surface area (Å²) in [5.41, 5.74) is 3.17. The normalized spacial score (nSPS) is 16.2. The van der Waals surface area contributed by atoms with Gasteiger partial charge in [-0.1, -0.05) is 24.9 Å². The smallest absolute Gasteiger partial charge is 0.159 e. The molecule has 0 unspecified atom stereocenters. The summed E-state index contributed by atoms with van der Waals surface area (Å²) in [6.45, 7) is 5.05. The molecule has 96 valence electrons. The molecule has 0 atom stereocenters. The maximum absolute atomic E-state index is 6.45. The second kappa shape index (κ2) is 4.54. The molecular weight excluding hydrogens is 246 g/mol. The van der Waals surface area contributed by atoms with Gasteiger partial charge in [-0.25, -0.2) is 9.67 Å². The molecule has 3 nitrogen and oxygen atoms in total. The van der Waals surface area contributed by atoms with E-state index >= 15 is 0 Å². The Kier molecular flexibility index (Phi) is 3.02. The van der Waals surface area contributed by atoms with Crippen molar-refractivity contribution >= 4 is 22.6 Å². The van der Waals surface area contributed by atoms with E-state index in [2.05, 4.69) is 25.0 Å². The van der Waals surface area contributed by atoms with E-state index in [0.29, 0.717) is 5.92 Å². The van der Waals surface area contributed by atoms with Crippen LogP contribution in [0.2, 0.25) is 5.02 Å². The fourth-order valence-corrected chi connectivity index (χ4v) is 2.90. The van der Waals surface area contributed by atoms with Crippen molar-refractivity contribution in [3.05, 3.63) is 22.5 Å². The Morgan fingerprint density at radius 2 is 2.17 bits per heavy atom. The van der Waals surface area contributed by atoms with Gasteiger partial charge in [-0.2, -0.15) is 5.10 Å². The van der Waals surface area contributed by atoms with Crippen LogP contribution in [0, 0.1) is 0 Å². The minimum atomic E-state index is 0.609.